The highest BCUT2D eigenvalue weighted by molar-refractivity contribution is 5.95. The van der Waals surface area contributed by atoms with Crippen molar-refractivity contribution in [2.24, 2.45) is 0 Å². The Morgan fingerprint density at radius 1 is 0.960 bits per heavy atom. The number of carbonyl (C=O) groups is 1. The fraction of sp³-hybridized carbons (Fsp3) is 0.632. The SMILES string of the molecule is COc1ccc(C(=O)N2CCC(N3CCN(C)CC3)CC2)cc1OC. The molecule has 138 valence electrons. The highest BCUT2D eigenvalue weighted by atomic mass is 16.5. The number of likely N-dealkylation sites (N-methyl/N-ethyl adjacent to an activating group) is 1. The van der Waals surface area contributed by atoms with Crippen LogP contribution in [0.4, 0.5) is 0 Å². The highest BCUT2D eigenvalue weighted by Crippen LogP contribution is 2.28. The van der Waals surface area contributed by atoms with Crippen LogP contribution >= 0.6 is 0 Å². The van der Waals surface area contributed by atoms with Crippen molar-refractivity contribution in [3.8, 4) is 11.5 Å². The third-order valence-corrected chi connectivity index (χ3v) is 5.44. The molecular weight excluding hydrogens is 318 g/mol. The van der Waals surface area contributed by atoms with Gasteiger partial charge in [0.2, 0.25) is 0 Å². The first-order valence-electron chi connectivity index (χ1n) is 9.06. The predicted molar refractivity (Wildman–Crippen MR) is 97.5 cm³/mol. The molecule has 0 aliphatic carbocycles. The van der Waals surface area contributed by atoms with Crippen molar-refractivity contribution in [3.63, 3.8) is 0 Å². The molecule has 2 fully saturated rings. The standard InChI is InChI=1S/C19H29N3O3/c1-20-10-12-21(13-11-20)16-6-8-22(9-7-16)19(23)15-4-5-17(24-2)18(14-15)25-3/h4-5,14,16H,6-13H2,1-3H3. The van der Waals surface area contributed by atoms with E-state index in [-0.39, 0.29) is 5.91 Å². The number of piperazine rings is 1. The molecule has 1 aromatic carbocycles. The van der Waals surface area contributed by atoms with Crippen LogP contribution in [0.5, 0.6) is 11.5 Å². The molecular formula is C19H29N3O3. The van der Waals surface area contributed by atoms with Crippen LogP contribution in [-0.2, 0) is 0 Å². The van der Waals surface area contributed by atoms with Crippen molar-refractivity contribution in [1.29, 1.82) is 0 Å². The summed E-state index contributed by atoms with van der Waals surface area (Å²) in [6, 6.07) is 6.00. The van der Waals surface area contributed by atoms with Crippen LogP contribution in [0, 0.1) is 0 Å². The van der Waals surface area contributed by atoms with Gasteiger partial charge >= 0.3 is 0 Å². The number of rotatable bonds is 4. The number of hydrogen-bond donors (Lipinski definition) is 0. The first kappa shape index (κ1) is 18.0. The lowest BCUT2D eigenvalue weighted by Gasteiger charge is -2.42. The van der Waals surface area contributed by atoms with E-state index in [2.05, 4.69) is 16.8 Å². The van der Waals surface area contributed by atoms with E-state index in [1.807, 2.05) is 11.0 Å². The van der Waals surface area contributed by atoms with E-state index >= 15 is 0 Å². The number of ether oxygens (including phenoxy) is 2. The summed E-state index contributed by atoms with van der Waals surface area (Å²) in [5.74, 6) is 1.33. The van der Waals surface area contributed by atoms with Crippen molar-refractivity contribution in [1.82, 2.24) is 14.7 Å². The predicted octanol–water partition coefficient (Wildman–Crippen LogP) is 1.56. The number of piperidine rings is 1. The number of amides is 1. The molecule has 3 rings (SSSR count). The monoisotopic (exact) mass is 347 g/mol. The third kappa shape index (κ3) is 4.07. The van der Waals surface area contributed by atoms with Gasteiger partial charge in [-0.25, -0.2) is 0 Å². The van der Waals surface area contributed by atoms with Gasteiger partial charge in [-0.2, -0.15) is 0 Å². The van der Waals surface area contributed by atoms with E-state index in [0.717, 1.165) is 52.1 Å². The fourth-order valence-electron chi connectivity index (χ4n) is 3.77. The van der Waals surface area contributed by atoms with E-state index in [1.54, 1.807) is 26.4 Å². The smallest absolute Gasteiger partial charge is 0.253 e. The van der Waals surface area contributed by atoms with E-state index in [1.165, 1.54) is 0 Å². The molecule has 0 unspecified atom stereocenters. The number of methoxy groups -OCH3 is 2. The molecule has 25 heavy (non-hydrogen) atoms. The van der Waals surface area contributed by atoms with Crippen molar-refractivity contribution in [3.05, 3.63) is 23.8 Å². The van der Waals surface area contributed by atoms with E-state index in [9.17, 15) is 4.79 Å². The quantitative estimate of drug-likeness (QED) is 0.827. The lowest BCUT2D eigenvalue weighted by molar-refractivity contribution is 0.0518. The Hall–Kier alpha value is -1.79. The summed E-state index contributed by atoms with van der Waals surface area (Å²) in [4.78, 5) is 19.7. The number of benzene rings is 1. The highest BCUT2D eigenvalue weighted by Gasteiger charge is 2.29. The van der Waals surface area contributed by atoms with Gasteiger partial charge in [0.05, 0.1) is 14.2 Å². The summed E-state index contributed by atoms with van der Waals surface area (Å²) in [6.45, 7) is 6.22. The molecule has 2 saturated heterocycles. The molecule has 6 nitrogen and oxygen atoms in total. The molecule has 6 heteroatoms. The molecule has 0 N–H and O–H groups in total. The average Bonchev–Trinajstić information content (AvgIpc) is 2.67. The minimum Gasteiger partial charge on any atom is -0.493 e. The molecule has 1 amide bonds. The Morgan fingerprint density at radius 2 is 1.60 bits per heavy atom. The lowest BCUT2D eigenvalue weighted by Crippen LogP contribution is -2.52. The number of hydrogen-bond acceptors (Lipinski definition) is 5. The van der Waals surface area contributed by atoms with Gasteiger partial charge in [0.15, 0.2) is 11.5 Å². The first-order chi connectivity index (χ1) is 12.1. The molecule has 0 spiro atoms. The molecule has 2 heterocycles. The Morgan fingerprint density at radius 3 is 2.20 bits per heavy atom. The van der Waals surface area contributed by atoms with Crippen molar-refractivity contribution >= 4 is 5.91 Å². The van der Waals surface area contributed by atoms with Crippen molar-refractivity contribution < 1.29 is 14.3 Å². The molecule has 0 atom stereocenters. The third-order valence-electron chi connectivity index (χ3n) is 5.44. The molecule has 2 aliphatic rings. The van der Waals surface area contributed by atoms with Gasteiger partial charge in [-0.15, -0.1) is 0 Å². The zero-order chi connectivity index (χ0) is 17.8. The normalized spacial score (nSPS) is 20.5. The summed E-state index contributed by atoms with van der Waals surface area (Å²) in [6.07, 6.45) is 2.12. The minimum absolute atomic E-state index is 0.0813. The van der Waals surface area contributed by atoms with Gasteiger partial charge in [0.25, 0.3) is 5.91 Å². The molecule has 0 saturated carbocycles. The summed E-state index contributed by atoms with van der Waals surface area (Å²) in [5, 5.41) is 0. The largest absolute Gasteiger partial charge is 0.493 e. The van der Waals surface area contributed by atoms with Crippen LogP contribution < -0.4 is 9.47 Å². The second kappa shape index (κ2) is 8.06. The van der Waals surface area contributed by atoms with E-state index in [0.29, 0.717) is 23.1 Å². The Bertz CT molecular complexity index is 592. The van der Waals surface area contributed by atoms with Gasteiger partial charge in [-0.05, 0) is 38.1 Å². The second-order valence-corrected chi connectivity index (χ2v) is 6.93. The summed E-state index contributed by atoms with van der Waals surface area (Å²) in [5.41, 5.74) is 0.663. The fourth-order valence-corrected chi connectivity index (χ4v) is 3.77. The number of likely N-dealkylation sites (tertiary alicyclic amines) is 1. The minimum atomic E-state index is 0.0813. The summed E-state index contributed by atoms with van der Waals surface area (Å²) >= 11 is 0. The van der Waals surface area contributed by atoms with Gasteiger partial charge in [0, 0.05) is 50.9 Å². The van der Waals surface area contributed by atoms with Crippen molar-refractivity contribution in [2.75, 3.05) is 60.5 Å². The summed E-state index contributed by atoms with van der Waals surface area (Å²) < 4.78 is 10.6. The molecule has 0 bridgehead atoms. The van der Waals surface area contributed by atoms with Gasteiger partial charge in [-0.1, -0.05) is 0 Å². The zero-order valence-corrected chi connectivity index (χ0v) is 15.5. The van der Waals surface area contributed by atoms with E-state index < -0.39 is 0 Å². The second-order valence-electron chi connectivity index (χ2n) is 6.93. The topological polar surface area (TPSA) is 45.2 Å². The first-order valence-corrected chi connectivity index (χ1v) is 9.06. The molecule has 0 aromatic heterocycles. The Kier molecular flexibility index (Phi) is 5.81. The van der Waals surface area contributed by atoms with Gasteiger partial charge < -0.3 is 19.3 Å². The van der Waals surface area contributed by atoms with Crippen LogP contribution in [0.3, 0.4) is 0 Å². The van der Waals surface area contributed by atoms with Gasteiger partial charge in [-0.3, -0.25) is 9.69 Å². The molecule has 0 radical (unpaired) electrons. The zero-order valence-electron chi connectivity index (χ0n) is 15.5. The van der Waals surface area contributed by atoms with E-state index in [4.69, 9.17) is 9.47 Å². The van der Waals surface area contributed by atoms with Gasteiger partial charge in [0.1, 0.15) is 0 Å². The number of nitrogens with zero attached hydrogens (tertiary/aromatic N) is 3. The van der Waals surface area contributed by atoms with Crippen molar-refractivity contribution in [2.45, 2.75) is 18.9 Å². The van der Waals surface area contributed by atoms with Crippen LogP contribution in [0.15, 0.2) is 18.2 Å². The van der Waals surface area contributed by atoms with Crippen LogP contribution in [0.2, 0.25) is 0 Å². The van der Waals surface area contributed by atoms with Crippen LogP contribution in [-0.4, -0.2) is 87.2 Å². The molecule has 2 aliphatic heterocycles. The maximum absolute atomic E-state index is 12.8. The summed E-state index contributed by atoms with van der Waals surface area (Å²) in [7, 11) is 5.37. The van der Waals surface area contributed by atoms with Crippen LogP contribution in [0.1, 0.15) is 23.2 Å². The average molecular weight is 347 g/mol. The van der Waals surface area contributed by atoms with Crippen LogP contribution in [0.25, 0.3) is 0 Å². The number of carbonyl (C=O) groups excluding carboxylic acids is 1. The lowest BCUT2D eigenvalue weighted by atomic mass is 10.0. The maximum atomic E-state index is 12.8. The Balaban J connectivity index is 1.58. The molecule has 1 aromatic rings. The maximum Gasteiger partial charge on any atom is 0.253 e. The Labute approximate surface area is 150 Å².